The normalized spacial score (nSPS) is 12.1. The Bertz CT molecular complexity index is 279. The molecule has 0 aliphatic heterocycles. The summed E-state index contributed by atoms with van der Waals surface area (Å²) < 4.78 is 0. The Hall–Kier alpha value is -1.06. The molecule has 0 aliphatic carbocycles. The molecular formula is C17H33NO3. The minimum atomic E-state index is -0.984. The van der Waals surface area contributed by atoms with E-state index in [2.05, 4.69) is 12.2 Å². The van der Waals surface area contributed by atoms with Gasteiger partial charge in [-0.3, -0.25) is 9.59 Å². The van der Waals surface area contributed by atoms with Crippen LogP contribution in [0.3, 0.4) is 0 Å². The summed E-state index contributed by atoms with van der Waals surface area (Å²) in [7, 11) is 0. The van der Waals surface area contributed by atoms with Gasteiger partial charge in [-0.05, 0) is 13.3 Å². The van der Waals surface area contributed by atoms with Crippen molar-refractivity contribution in [2.24, 2.45) is 0 Å². The monoisotopic (exact) mass is 299 g/mol. The first-order valence-electron chi connectivity index (χ1n) is 8.60. The number of aliphatic carboxylic acids is 1. The molecule has 0 aromatic carbocycles. The van der Waals surface area contributed by atoms with Gasteiger partial charge in [0.1, 0.15) is 6.04 Å². The maximum absolute atomic E-state index is 11.4. The third-order valence-corrected chi connectivity index (χ3v) is 3.76. The van der Waals surface area contributed by atoms with Gasteiger partial charge in [-0.25, -0.2) is 0 Å². The van der Waals surface area contributed by atoms with Gasteiger partial charge < -0.3 is 10.4 Å². The topological polar surface area (TPSA) is 66.4 Å². The molecule has 4 nitrogen and oxygen atoms in total. The van der Waals surface area contributed by atoms with Gasteiger partial charge in [0.25, 0.3) is 0 Å². The maximum atomic E-state index is 11.4. The molecule has 0 aromatic heterocycles. The van der Waals surface area contributed by atoms with Crippen molar-refractivity contribution in [3.63, 3.8) is 0 Å². The van der Waals surface area contributed by atoms with Crippen molar-refractivity contribution in [2.75, 3.05) is 0 Å². The Morgan fingerprint density at radius 2 is 1.29 bits per heavy atom. The molecule has 124 valence electrons. The van der Waals surface area contributed by atoms with Gasteiger partial charge in [-0.1, -0.05) is 71.1 Å². The van der Waals surface area contributed by atoms with Crippen molar-refractivity contribution >= 4 is 11.9 Å². The van der Waals surface area contributed by atoms with E-state index in [1.165, 1.54) is 64.7 Å². The molecule has 0 heterocycles. The molecule has 0 saturated carbocycles. The summed E-state index contributed by atoms with van der Waals surface area (Å²) in [6, 6.07) is -0.787. The van der Waals surface area contributed by atoms with E-state index in [0.29, 0.717) is 6.42 Å². The zero-order valence-corrected chi connectivity index (χ0v) is 13.8. The number of hydrogen-bond acceptors (Lipinski definition) is 2. The first kappa shape index (κ1) is 19.9. The van der Waals surface area contributed by atoms with E-state index in [4.69, 9.17) is 5.11 Å². The molecule has 0 aromatic rings. The Kier molecular flexibility index (Phi) is 13.2. The third-order valence-electron chi connectivity index (χ3n) is 3.76. The summed E-state index contributed by atoms with van der Waals surface area (Å²) in [5.74, 6) is -1.14. The number of rotatable bonds is 14. The molecule has 21 heavy (non-hydrogen) atoms. The van der Waals surface area contributed by atoms with E-state index in [0.717, 1.165) is 12.8 Å². The molecule has 0 spiro atoms. The smallest absolute Gasteiger partial charge is 0.325 e. The Labute approximate surface area is 129 Å². The van der Waals surface area contributed by atoms with Gasteiger partial charge >= 0.3 is 5.97 Å². The number of carboxylic acid groups (broad SMARTS) is 1. The molecule has 4 heteroatoms. The van der Waals surface area contributed by atoms with Crippen molar-refractivity contribution in [3.05, 3.63) is 0 Å². The molecule has 0 rings (SSSR count). The first-order chi connectivity index (χ1) is 10.1. The average molecular weight is 299 g/mol. The minimum Gasteiger partial charge on any atom is -0.480 e. The predicted molar refractivity (Wildman–Crippen MR) is 86.3 cm³/mol. The summed E-state index contributed by atoms with van der Waals surface area (Å²) in [4.78, 5) is 22.0. The molecule has 0 aliphatic rings. The average Bonchev–Trinajstić information content (AvgIpc) is 2.44. The Morgan fingerprint density at radius 1 is 0.857 bits per heavy atom. The van der Waals surface area contributed by atoms with Crippen molar-refractivity contribution < 1.29 is 14.7 Å². The van der Waals surface area contributed by atoms with Crippen LogP contribution in [0.1, 0.15) is 90.9 Å². The highest BCUT2D eigenvalue weighted by Gasteiger charge is 2.12. The molecule has 2 N–H and O–H groups in total. The quantitative estimate of drug-likeness (QED) is 0.470. The van der Waals surface area contributed by atoms with Crippen molar-refractivity contribution in [1.29, 1.82) is 0 Å². The fraction of sp³-hybridized carbons (Fsp3) is 0.882. The highest BCUT2D eigenvalue weighted by molar-refractivity contribution is 5.83. The minimum absolute atomic E-state index is 0.152. The van der Waals surface area contributed by atoms with Gasteiger partial charge in [0, 0.05) is 6.42 Å². The number of carboxylic acids is 1. The van der Waals surface area contributed by atoms with Crippen molar-refractivity contribution in [2.45, 2.75) is 96.9 Å². The fourth-order valence-corrected chi connectivity index (χ4v) is 2.33. The van der Waals surface area contributed by atoms with E-state index in [9.17, 15) is 9.59 Å². The van der Waals surface area contributed by atoms with Crippen LogP contribution in [-0.2, 0) is 9.59 Å². The SMILES string of the molecule is CCCCCCCCCCCCCC(=O)NC(C)C(=O)O. The lowest BCUT2D eigenvalue weighted by Gasteiger charge is -2.08. The predicted octanol–water partition coefficient (Wildman–Crippen LogP) is 4.28. The van der Waals surface area contributed by atoms with Crippen molar-refractivity contribution in [3.8, 4) is 0 Å². The Balaban J connectivity index is 3.25. The molecule has 0 fully saturated rings. The molecule has 0 saturated heterocycles. The molecule has 0 radical (unpaired) electrons. The van der Waals surface area contributed by atoms with Crippen LogP contribution in [0.2, 0.25) is 0 Å². The van der Waals surface area contributed by atoms with E-state index in [1.807, 2.05) is 0 Å². The summed E-state index contributed by atoms with van der Waals surface area (Å²) in [5, 5.41) is 11.2. The van der Waals surface area contributed by atoms with Crippen LogP contribution in [0.15, 0.2) is 0 Å². The molecule has 1 unspecified atom stereocenters. The largest absolute Gasteiger partial charge is 0.480 e. The van der Waals surface area contributed by atoms with Crippen LogP contribution >= 0.6 is 0 Å². The number of amides is 1. The lowest BCUT2D eigenvalue weighted by molar-refractivity contribution is -0.141. The number of carbonyl (C=O) groups excluding carboxylic acids is 1. The lowest BCUT2D eigenvalue weighted by atomic mass is 10.1. The number of carbonyl (C=O) groups is 2. The molecule has 0 bridgehead atoms. The van der Waals surface area contributed by atoms with Gasteiger partial charge in [0.2, 0.25) is 5.91 Å². The summed E-state index contributed by atoms with van der Waals surface area (Å²) >= 11 is 0. The van der Waals surface area contributed by atoms with Gasteiger partial charge in [-0.15, -0.1) is 0 Å². The molecule has 1 amide bonds. The molecule has 1 atom stereocenters. The van der Waals surface area contributed by atoms with Crippen LogP contribution < -0.4 is 5.32 Å². The second kappa shape index (κ2) is 13.9. The summed E-state index contributed by atoms with van der Waals surface area (Å²) in [5.41, 5.74) is 0. The van der Waals surface area contributed by atoms with Crippen LogP contribution in [0.4, 0.5) is 0 Å². The highest BCUT2D eigenvalue weighted by atomic mass is 16.4. The molecular weight excluding hydrogens is 266 g/mol. The Morgan fingerprint density at radius 3 is 1.71 bits per heavy atom. The van der Waals surface area contributed by atoms with E-state index in [1.54, 1.807) is 0 Å². The highest BCUT2D eigenvalue weighted by Crippen LogP contribution is 2.11. The van der Waals surface area contributed by atoms with Gasteiger partial charge in [0.05, 0.1) is 0 Å². The standard InChI is InChI=1S/C17H33NO3/c1-3-4-5-6-7-8-9-10-11-12-13-14-16(19)18-15(2)17(20)21/h15H,3-14H2,1-2H3,(H,18,19)(H,20,21). The number of hydrogen-bond donors (Lipinski definition) is 2. The maximum Gasteiger partial charge on any atom is 0.325 e. The number of nitrogens with one attached hydrogen (secondary N) is 1. The van der Waals surface area contributed by atoms with E-state index >= 15 is 0 Å². The fourth-order valence-electron chi connectivity index (χ4n) is 2.33. The van der Waals surface area contributed by atoms with Crippen LogP contribution in [0, 0.1) is 0 Å². The van der Waals surface area contributed by atoms with E-state index < -0.39 is 12.0 Å². The third kappa shape index (κ3) is 13.7. The number of unbranched alkanes of at least 4 members (excludes halogenated alkanes) is 10. The van der Waals surface area contributed by atoms with Crippen LogP contribution in [0.25, 0.3) is 0 Å². The van der Waals surface area contributed by atoms with Crippen LogP contribution in [-0.4, -0.2) is 23.0 Å². The summed E-state index contributed by atoms with van der Waals surface area (Å²) in [6.45, 7) is 3.73. The first-order valence-corrected chi connectivity index (χ1v) is 8.60. The summed E-state index contributed by atoms with van der Waals surface area (Å²) in [6.07, 6.45) is 14.2. The van der Waals surface area contributed by atoms with Gasteiger partial charge in [-0.2, -0.15) is 0 Å². The zero-order chi connectivity index (χ0) is 15.9. The van der Waals surface area contributed by atoms with Gasteiger partial charge in [0.15, 0.2) is 0 Å². The zero-order valence-electron chi connectivity index (χ0n) is 13.8. The van der Waals surface area contributed by atoms with E-state index in [-0.39, 0.29) is 5.91 Å². The second-order valence-electron chi connectivity index (χ2n) is 5.91. The second-order valence-corrected chi connectivity index (χ2v) is 5.91. The van der Waals surface area contributed by atoms with Crippen LogP contribution in [0.5, 0.6) is 0 Å². The lowest BCUT2D eigenvalue weighted by Crippen LogP contribution is -2.38. The van der Waals surface area contributed by atoms with Crippen molar-refractivity contribution in [1.82, 2.24) is 5.32 Å².